The molecule has 0 saturated carbocycles. The van der Waals surface area contributed by atoms with E-state index in [9.17, 15) is 0 Å². The Hall–Kier alpha value is -1.00. The highest BCUT2D eigenvalue weighted by atomic mass is 14.0. The molecule has 0 nitrogen and oxygen atoms in total. The van der Waals surface area contributed by atoms with Crippen LogP contribution in [0.5, 0.6) is 0 Å². The van der Waals surface area contributed by atoms with Gasteiger partial charge in [-0.25, -0.2) is 0 Å². The number of hydrogen-bond acceptors (Lipinski definition) is 0. The van der Waals surface area contributed by atoms with Crippen molar-refractivity contribution < 1.29 is 0 Å². The zero-order valence-electron chi connectivity index (χ0n) is 9.06. The van der Waals surface area contributed by atoms with Gasteiger partial charge >= 0.3 is 0 Å². The summed E-state index contributed by atoms with van der Waals surface area (Å²) < 4.78 is 0. The third-order valence-corrected chi connectivity index (χ3v) is 2.00. The summed E-state index contributed by atoms with van der Waals surface area (Å²) in [5, 5.41) is 0. The standard InChI is InChI=1S/C13H20/c1-5-8-11-13(10-7-3)12(4)9-6-2/h6,9-10H,3,5,8,11H2,1-2,4H3. The van der Waals surface area contributed by atoms with Gasteiger partial charge in [-0.2, -0.15) is 0 Å². The predicted molar refractivity (Wildman–Crippen MR) is 60.7 cm³/mol. The van der Waals surface area contributed by atoms with Crippen molar-refractivity contribution in [1.29, 1.82) is 0 Å². The molecule has 0 aromatic rings. The van der Waals surface area contributed by atoms with Crippen LogP contribution < -0.4 is 0 Å². The second kappa shape index (κ2) is 7.64. The summed E-state index contributed by atoms with van der Waals surface area (Å²) in [6.07, 6.45) is 9.80. The Morgan fingerprint density at radius 3 is 2.62 bits per heavy atom. The Balaban J connectivity index is 4.55. The number of allylic oxidation sites excluding steroid dienone is 5. The van der Waals surface area contributed by atoms with Gasteiger partial charge in [-0.1, -0.05) is 32.1 Å². The van der Waals surface area contributed by atoms with Crippen LogP contribution in [0.1, 0.15) is 40.0 Å². The number of hydrogen-bond donors (Lipinski definition) is 0. The van der Waals surface area contributed by atoms with Crippen molar-refractivity contribution in [3.05, 3.63) is 41.7 Å². The smallest absolute Gasteiger partial charge is 0.0171 e. The molecule has 0 aromatic heterocycles. The lowest BCUT2D eigenvalue weighted by Crippen LogP contribution is -1.83. The maximum Gasteiger partial charge on any atom is -0.0171 e. The van der Waals surface area contributed by atoms with E-state index in [-0.39, 0.29) is 0 Å². The molecule has 0 saturated heterocycles. The van der Waals surface area contributed by atoms with Crippen LogP contribution >= 0.6 is 0 Å². The zero-order chi connectivity index (χ0) is 10.1. The summed E-state index contributed by atoms with van der Waals surface area (Å²) in [6, 6.07) is 0. The molecule has 0 bridgehead atoms. The van der Waals surface area contributed by atoms with E-state index in [1.165, 1.54) is 24.0 Å². The fourth-order valence-electron chi connectivity index (χ4n) is 1.23. The van der Waals surface area contributed by atoms with Crippen LogP contribution in [-0.2, 0) is 0 Å². The minimum absolute atomic E-state index is 1.13. The monoisotopic (exact) mass is 176 g/mol. The molecule has 0 heterocycles. The topological polar surface area (TPSA) is 0 Å². The molecule has 0 aliphatic rings. The van der Waals surface area contributed by atoms with E-state index in [1.807, 2.05) is 13.0 Å². The summed E-state index contributed by atoms with van der Waals surface area (Å²) >= 11 is 0. The normalized spacial score (nSPS) is 12.5. The molecule has 0 aromatic carbocycles. The molecule has 0 aliphatic heterocycles. The molecule has 0 atom stereocenters. The van der Waals surface area contributed by atoms with Gasteiger partial charge in [-0.05, 0) is 43.9 Å². The predicted octanol–water partition coefficient (Wildman–Crippen LogP) is 4.41. The first-order chi connectivity index (χ1) is 6.26. The minimum Gasteiger partial charge on any atom is -0.128 e. The van der Waals surface area contributed by atoms with Crippen molar-refractivity contribution in [2.45, 2.75) is 40.0 Å². The van der Waals surface area contributed by atoms with E-state index >= 15 is 0 Å². The fourth-order valence-corrected chi connectivity index (χ4v) is 1.23. The van der Waals surface area contributed by atoms with Crippen LogP contribution in [0.3, 0.4) is 0 Å². The van der Waals surface area contributed by atoms with Gasteiger partial charge in [0.05, 0.1) is 0 Å². The molecule has 0 spiro atoms. The Labute approximate surface area is 82.4 Å². The molecule has 0 aliphatic carbocycles. The Morgan fingerprint density at radius 1 is 1.46 bits per heavy atom. The lowest BCUT2D eigenvalue weighted by atomic mass is 10.0. The Bertz CT molecular complexity index is 235. The summed E-state index contributed by atoms with van der Waals surface area (Å²) in [4.78, 5) is 0. The number of unbranched alkanes of at least 4 members (excludes halogenated alkanes) is 1. The maximum absolute atomic E-state index is 3.61. The van der Waals surface area contributed by atoms with Crippen molar-refractivity contribution >= 4 is 0 Å². The van der Waals surface area contributed by atoms with Crippen LogP contribution in [0.15, 0.2) is 41.7 Å². The largest absolute Gasteiger partial charge is 0.128 e. The van der Waals surface area contributed by atoms with Gasteiger partial charge in [0.2, 0.25) is 0 Å². The molecular weight excluding hydrogens is 156 g/mol. The Kier molecular flexibility index (Phi) is 7.05. The van der Waals surface area contributed by atoms with Gasteiger partial charge in [0.1, 0.15) is 0 Å². The van der Waals surface area contributed by atoms with E-state index in [1.54, 1.807) is 0 Å². The average molecular weight is 176 g/mol. The van der Waals surface area contributed by atoms with Crippen molar-refractivity contribution in [1.82, 2.24) is 0 Å². The summed E-state index contributed by atoms with van der Waals surface area (Å²) in [5.41, 5.74) is 5.53. The second-order valence-electron chi connectivity index (χ2n) is 3.16. The molecule has 0 radical (unpaired) electrons. The first-order valence-corrected chi connectivity index (χ1v) is 4.94. The van der Waals surface area contributed by atoms with Crippen LogP contribution in [0, 0.1) is 0 Å². The fraction of sp³-hybridized carbons (Fsp3) is 0.462. The van der Waals surface area contributed by atoms with Crippen LogP contribution in [-0.4, -0.2) is 0 Å². The first-order valence-electron chi connectivity index (χ1n) is 4.94. The lowest BCUT2D eigenvalue weighted by Gasteiger charge is -2.02. The second-order valence-corrected chi connectivity index (χ2v) is 3.16. The van der Waals surface area contributed by atoms with Gasteiger partial charge in [0.25, 0.3) is 0 Å². The van der Waals surface area contributed by atoms with E-state index in [2.05, 4.69) is 38.3 Å². The molecule has 0 rings (SSSR count). The van der Waals surface area contributed by atoms with Crippen LogP contribution in [0.25, 0.3) is 0 Å². The van der Waals surface area contributed by atoms with Crippen LogP contribution in [0.2, 0.25) is 0 Å². The lowest BCUT2D eigenvalue weighted by molar-refractivity contribution is 0.794. The van der Waals surface area contributed by atoms with Crippen LogP contribution in [0.4, 0.5) is 0 Å². The molecule has 0 fully saturated rings. The van der Waals surface area contributed by atoms with Gasteiger partial charge in [-0.15, -0.1) is 5.73 Å². The first kappa shape index (κ1) is 12.0. The van der Waals surface area contributed by atoms with E-state index in [0.29, 0.717) is 0 Å². The molecule has 72 valence electrons. The summed E-state index contributed by atoms with van der Waals surface area (Å²) in [6.45, 7) is 10.00. The van der Waals surface area contributed by atoms with E-state index in [0.717, 1.165) is 6.42 Å². The average Bonchev–Trinajstić information content (AvgIpc) is 2.12. The third-order valence-electron chi connectivity index (χ3n) is 2.00. The van der Waals surface area contributed by atoms with Gasteiger partial charge in [0.15, 0.2) is 0 Å². The highest BCUT2D eigenvalue weighted by Gasteiger charge is 1.95. The third kappa shape index (κ3) is 5.27. The highest BCUT2D eigenvalue weighted by molar-refractivity contribution is 5.31. The van der Waals surface area contributed by atoms with E-state index < -0.39 is 0 Å². The molecular formula is C13H20. The molecule has 0 unspecified atom stereocenters. The highest BCUT2D eigenvalue weighted by Crippen LogP contribution is 2.14. The Morgan fingerprint density at radius 2 is 2.15 bits per heavy atom. The van der Waals surface area contributed by atoms with E-state index in [4.69, 9.17) is 0 Å². The molecule has 0 amide bonds. The van der Waals surface area contributed by atoms with Gasteiger partial charge in [-0.3, -0.25) is 0 Å². The minimum atomic E-state index is 1.13. The molecule has 0 heteroatoms. The zero-order valence-corrected chi connectivity index (χ0v) is 9.06. The van der Waals surface area contributed by atoms with Crippen molar-refractivity contribution in [3.63, 3.8) is 0 Å². The van der Waals surface area contributed by atoms with Crippen molar-refractivity contribution in [2.75, 3.05) is 0 Å². The van der Waals surface area contributed by atoms with Gasteiger partial charge < -0.3 is 0 Å². The summed E-state index contributed by atoms with van der Waals surface area (Å²) in [7, 11) is 0. The summed E-state index contributed by atoms with van der Waals surface area (Å²) in [5.74, 6) is 0. The van der Waals surface area contributed by atoms with Crippen molar-refractivity contribution in [2.24, 2.45) is 0 Å². The molecule has 0 N–H and O–H groups in total. The quantitative estimate of drug-likeness (QED) is 0.430. The van der Waals surface area contributed by atoms with Crippen molar-refractivity contribution in [3.8, 4) is 0 Å². The maximum atomic E-state index is 3.61. The molecule has 13 heavy (non-hydrogen) atoms. The number of rotatable bonds is 5. The SMILES string of the molecule is C=C=CC(CCCC)=C(C)C=CC. The van der Waals surface area contributed by atoms with Gasteiger partial charge in [0, 0.05) is 0 Å².